The highest BCUT2D eigenvalue weighted by Gasteiger charge is 2.27. The first-order chi connectivity index (χ1) is 9.11. The van der Waals surface area contributed by atoms with E-state index in [9.17, 15) is 14.4 Å². The molecule has 104 valence electrons. The lowest BCUT2D eigenvalue weighted by Gasteiger charge is -2.35. The van der Waals surface area contributed by atoms with Gasteiger partial charge in [-0.25, -0.2) is 4.79 Å². The van der Waals surface area contributed by atoms with Crippen molar-refractivity contribution in [2.75, 3.05) is 20.1 Å². The predicted octanol–water partition coefficient (Wildman–Crippen LogP) is -0.723. The van der Waals surface area contributed by atoms with Gasteiger partial charge in [0.15, 0.2) is 0 Å². The monoisotopic (exact) mass is 266 g/mol. The van der Waals surface area contributed by atoms with Crippen molar-refractivity contribution < 1.29 is 4.79 Å². The Hall–Kier alpha value is -1.89. The van der Waals surface area contributed by atoms with Crippen molar-refractivity contribution in [3.05, 3.63) is 32.6 Å². The normalized spacial score (nSPS) is 19.4. The van der Waals surface area contributed by atoms with Gasteiger partial charge >= 0.3 is 5.69 Å². The van der Waals surface area contributed by atoms with E-state index >= 15 is 0 Å². The van der Waals surface area contributed by atoms with Gasteiger partial charge in [0.05, 0.1) is 0 Å². The number of carbonyl (C=O) groups excluding carboxylic acids is 1. The van der Waals surface area contributed by atoms with Crippen LogP contribution in [0.2, 0.25) is 0 Å². The molecule has 7 nitrogen and oxygen atoms in total. The molecule has 1 aromatic rings. The molecular weight excluding hydrogens is 248 g/mol. The fraction of sp³-hybridized carbons (Fsp3) is 0.583. The molecule has 1 aliphatic rings. The molecule has 0 radical (unpaired) electrons. The summed E-state index contributed by atoms with van der Waals surface area (Å²) < 4.78 is 0. The van der Waals surface area contributed by atoms with Gasteiger partial charge in [0.1, 0.15) is 5.69 Å². The van der Waals surface area contributed by atoms with E-state index in [0.29, 0.717) is 13.1 Å². The molecule has 0 bridgehead atoms. The first-order valence-electron chi connectivity index (χ1n) is 6.41. The molecule has 0 aromatic carbocycles. The molecule has 0 aliphatic carbocycles. The fourth-order valence-electron chi connectivity index (χ4n) is 2.45. The third-order valence-electron chi connectivity index (χ3n) is 3.32. The van der Waals surface area contributed by atoms with E-state index in [1.807, 2.05) is 7.05 Å². The number of likely N-dealkylation sites (tertiary alicyclic amines) is 1. The maximum Gasteiger partial charge on any atom is 0.326 e. The number of hydrogen-bond acceptors (Lipinski definition) is 4. The molecular formula is C12H18N4O3. The molecule has 0 saturated carbocycles. The van der Waals surface area contributed by atoms with E-state index in [2.05, 4.69) is 15.3 Å². The van der Waals surface area contributed by atoms with Crippen LogP contribution < -0.4 is 16.6 Å². The standard InChI is InChI=1S/C12H18N4O3/c1-13-7-8-4-2-3-5-16(8)11(18)9-6-10(17)15-12(19)14-9/h6,8,13H,2-5,7H2,1H3,(H2,14,15,17,19). The lowest BCUT2D eigenvalue weighted by molar-refractivity contribution is 0.0608. The Labute approximate surface area is 110 Å². The predicted molar refractivity (Wildman–Crippen MR) is 70.3 cm³/mol. The molecule has 19 heavy (non-hydrogen) atoms. The van der Waals surface area contributed by atoms with Gasteiger partial charge in [-0.05, 0) is 26.3 Å². The second-order valence-electron chi connectivity index (χ2n) is 4.71. The van der Waals surface area contributed by atoms with Crippen LogP contribution in [0.5, 0.6) is 0 Å². The third kappa shape index (κ3) is 3.11. The average molecular weight is 266 g/mol. The molecule has 2 rings (SSSR count). The van der Waals surface area contributed by atoms with Crippen molar-refractivity contribution in [3.8, 4) is 0 Å². The van der Waals surface area contributed by atoms with Crippen LogP contribution in [0.25, 0.3) is 0 Å². The minimum atomic E-state index is -0.655. The van der Waals surface area contributed by atoms with E-state index in [-0.39, 0.29) is 17.6 Å². The Kier molecular flexibility index (Phi) is 4.16. The summed E-state index contributed by atoms with van der Waals surface area (Å²) in [5, 5.41) is 3.06. The SMILES string of the molecule is CNCC1CCCCN1C(=O)c1cc(=O)[nH]c(=O)[nH]1. The van der Waals surface area contributed by atoms with E-state index in [0.717, 1.165) is 25.3 Å². The fourth-order valence-corrected chi connectivity index (χ4v) is 2.45. The van der Waals surface area contributed by atoms with Gasteiger partial charge < -0.3 is 15.2 Å². The van der Waals surface area contributed by atoms with E-state index in [4.69, 9.17) is 0 Å². The quantitative estimate of drug-likeness (QED) is 0.672. The Morgan fingerprint density at radius 3 is 2.89 bits per heavy atom. The van der Waals surface area contributed by atoms with Crippen molar-refractivity contribution in [2.45, 2.75) is 25.3 Å². The molecule has 1 unspecified atom stereocenters. The lowest BCUT2D eigenvalue weighted by Crippen LogP contribution is -2.48. The molecule has 2 heterocycles. The molecule has 1 saturated heterocycles. The van der Waals surface area contributed by atoms with Crippen molar-refractivity contribution in [1.82, 2.24) is 20.2 Å². The third-order valence-corrected chi connectivity index (χ3v) is 3.32. The molecule has 1 aliphatic heterocycles. The van der Waals surface area contributed by atoms with Crippen LogP contribution in [-0.4, -0.2) is 47.0 Å². The number of amides is 1. The maximum absolute atomic E-state index is 12.4. The minimum Gasteiger partial charge on any atom is -0.333 e. The topological polar surface area (TPSA) is 98.1 Å². The van der Waals surface area contributed by atoms with Crippen LogP contribution in [0.15, 0.2) is 15.7 Å². The molecule has 1 fully saturated rings. The van der Waals surface area contributed by atoms with E-state index in [1.165, 1.54) is 0 Å². The maximum atomic E-state index is 12.4. The second-order valence-corrected chi connectivity index (χ2v) is 4.71. The number of piperidine rings is 1. The van der Waals surface area contributed by atoms with Gasteiger partial charge in [-0.15, -0.1) is 0 Å². The van der Waals surface area contributed by atoms with Crippen molar-refractivity contribution in [2.24, 2.45) is 0 Å². The first-order valence-corrected chi connectivity index (χ1v) is 6.41. The number of carbonyl (C=O) groups is 1. The van der Waals surface area contributed by atoms with Crippen molar-refractivity contribution >= 4 is 5.91 Å². The number of nitrogens with one attached hydrogen (secondary N) is 3. The van der Waals surface area contributed by atoms with Crippen LogP contribution in [0, 0.1) is 0 Å². The molecule has 1 atom stereocenters. The Balaban J connectivity index is 2.25. The zero-order valence-electron chi connectivity index (χ0n) is 10.9. The summed E-state index contributed by atoms with van der Waals surface area (Å²) in [6.45, 7) is 1.36. The lowest BCUT2D eigenvalue weighted by atomic mass is 10.0. The number of likely N-dealkylation sites (N-methyl/N-ethyl adjacent to an activating group) is 1. The van der Waals surface area contributed by atoms with Gasteiger partial charge in [0, 0.05) is 25.2 Å². The summed E-state index contributed by atoms with van der Waals surface area (Å²) in [5.74, 6) is -0.289. The van der Waals surface area contributed by atoms with Crippen LogP contribution in [-0.2, 0) is 0 Å². The van der Waals surface area contributed by atoms with E-state index in [1.54, 1.807) is 4.90 Å². The van der Waals surface area contributed by atoms with Gasteiger partial charge in [0.25, 0.3) is 11.5 Å². The zero-order chi connectivity index (χ0) is 13.8. The van der Waals surface area contributed by atoms with E-state index < -0.39 is 11.2 Å². The highest BCUT2D eigenvalue weighted by atomic mass is 16.2. The summed E-state index contributed by atoms with van der Waals surface area (Å²) >= 11 is 0. The van der Waals surface area contributed by atoms with Gasteiger partial charge in [-0.1, -0.05) is 0 Å². The summed E-state index contributed by atoms with van der Waals surface area (Å²) in [4.78, 5) is 41.0. The highest BCUT2D eigenvalue weighted by molar-refractivity contribution is 5.92. The van der Waals surface area contributed by atoms with Gasteiger partial charge in [-0.2, -0.15) is 0 Å². The van der Waals surface area contributed by atoms with Crippen LogP contribution in [0.1, 0.15) is 29.8 Å². The summed E-state index contributed by atoms with van der Waals surface area (Å²) in [6, 6.07) is 1.24. The number of aromatic amines is 2. The Morgan fingerprint density at radius 1 is 1.42 bits per heavy atom. The number of nitrogens with zero attached hydrogens (tertiary/aromatic N) is 1. The molecule has 1 aromatic heterocycles. The largest absolute Gasteiger partial charge is 0.333 e. The number of hydrogen-bond donors (Lipinski definition) is 3. The second kappa shape index (κ2) is 5.83. The van der Waals surface area contributed by atoms with Crippen LogP contribution in [0.3, 0.4) is 0 Å². The van der Waals surface area contributed by atoms with Gasteiger partial charge in [-0.3, -0.25) is 14.6 Å². The summed E-state index contributed by atoms with van der Waals surface area (Å²) in [6.07, 6.45) is 2.96. The molecule has 0 spiro atoms. The van der Waals surface area contributed by atoms with Crippen LogP contribution >= 0.6 is 0 Å². The number of H-pyrrole nitrogens is 2. The average Bonchev–Trinajstić information content (AvgIpc) is 2.38. The highest BCUT2D eigenvalue weighted by Crippen LogP contribution is 2.18. The smallest absolute Gasteiger partial charge is 0.326 e. The minimum absolute atomic E-state index is 0.0525. The molecule has 1 amide bonds. The Bertz CT molecular complexity index is 532. The number of aromatic nitrogens is 2. The van der Waals surface area contributed by atoms with Crippen molar-refractivity contribution in [1.29, 1.82) is 0 Å². The Morgan fingerprint density at radius 2 is 2.21 bits per heavy atom. The zero-order valence-corrected chi connectivity index (χ0v) is 10.9. The molecule has 3 N–H and O–H groups in total. The van der Waals surface area contributed by atoms with Crippen LogP contribution in [0.4, 0.5) is 0 Å². The summed E-state index contributed by atoms with van der Waals surface area (Å²) in [7, 11) is 1.84. The molecule has 7 heteroatoms. The van der Waals surface area contributed by atoms with Crippen molar-refractivity contribution in [3.63, 3.8) is 0 Å². The number of rotatable bonds is 3. The van der Waals surface area contributed by atoms with Gasteiger partial charge in [0.2, 0.25) is 0 Å². The first kappa shape index (κ1) is 13.5. The summed E-state index contributed by atoms with van der Waals surface area (Å²) in [5.41, 5.74) is -1.16.